The van der Waals surface area contributed by atoms with Crippen LogP contribution in [0.25, 0.3) is 22.4 Å². The summed E-state index contributed by atoms with van der Waals surface area (Å²) in [6.07, 6.45) is 2.50. The Kier molecular flexibility index (Phi) is 3.83. The van der Waals surface area contributed by atoms with E-state index in [-0.39, 0.29) is 6.10 Å². The van der Waals surface area contributed by atoms with Gasteiger partial charge in [0.15, 0.2) is 0 Å². The fourth-order valence-corrected chi connectivity index (χ4v) is 3.47. The summed E-state index contributed by atoms with van der Waals surface area (Å²) in [5.74, 6) is 0.996. The first-order chi connectivity index (χ1) is 11.2. The number of hydrogen-bond donors (Lipinski definition) is 0. The summed E-state index contributed by atoms with van der Waals surface area (Å²) in [7, 11) is 0. The summed E-state index contributed by atoms with van der Waals surface area (Å²) in [6.45, 7) is 3.80. The smallest absolute Gasteiger partial charge is 0.141 e. The van der Waals surface area contributed by atoms with E-state index in [1.165, 1.54) is 5.56 Å². The molecule has 23 heavy (non-hydrogen) atoms. The zero-order chi connectivity index (χ0) is 15.8. The molecule has 1 saturated heterocycles. The standard InChI is InChI=1S/C19H19ClN2O/c1-13-5-2-3-7-16(13)19-21-17-9-8-14(20)11-18(17)22(19)12-15-6-4-10-23-15/h2-3,5,7-9,11,15H,4,6,10,12H2,1H3. The van der Waals surface area contributed by atoms with E-state index in [2.05, 4.69) is 35.8 Å². The molecule has 2 heterocycles. The maximum absolute atomic E-state index is 6.22. The highest BCUT2D eigenvalue weighted by Gasteiger charge is 2.21. The maximum Gasteiger partial charge on any atom is 0.141 e. The van der Waals surface area contributed by atoms with Crippen molar-refractivity contribution in [3.05, 3.63) is 53.1 Å². The number of benzene rings is 2. The summed E-state index contributed by atoms with van der Waals surface area (Å²) < 4.78 is 8.11. The van der Waals surface area contributed by atoms with Crippen molar-refractivity contribution in [3.8, 4) is 11.4 Å². The second-order valence-corrected chi connectivity index (χ2v) is 6.57. The molecule has 0 aliphatic carbocycles. The van der Waals surface area contributed by atoms with E-state index in [0.717, 1.165) is 53.4 Å². The molecule has 1 fully saturated rings. The van der Waals surface area contributed by atoms with Crippen molar-refractivity contribution in [3.63, 3.8) is 0 Å². The van der Waals surface area contributed by atoms with Crippen molar-refractivity contribution in [1.82, 2.24) is 9.55 Å². The second-order valence-electron chi connectivity index (χ2n) is 6.13. The zero-order valence-corrected chi connectivity index (χ0v) is 13.9. The molecule has 1 aliphatic rings. The van der Waals surface area contributed by atoms with Crippen molar-refractivity contribution < 1.29 is 4.74 Å². The predicted molar refractivity (Wildman–Crippen MR) is 93.9 cm³/mol. The number of ether oxygens (including phenoxy) is 1. The van der Waals surface area contributed by atoms with Crippen LogP contribution in [-0.2, 0) is 11.3 Å². The van der Waals surface area contributed by atoms with Gasteiger partial charge >= 0.3 is 0 Å². The number of aromatic nitrogens is 2. The molecule has 0 bridgehead atoms. The Morgan fingerprint density at radius 3 is 2.91 bits per heavy atom. The van der Waals surface area contributed by atoms with E-state index in [9.17, 15) is 0 Å². The van der Waals surface area contributed by atoms with Crippen LogP contribution in [0, 0.1) is 6.92 Å². The number of rotatable bonds is 3. The minimum atomic E-state index is 0.258. The number of halogens is 1. The summed E-state index contributed by atoms with van der Waals surface area (Å²) in [4.78, 5) is 4.88. The third-order valence-electron chi connectivity index (χ3n) is 4.51. The van der Waals surface area contributed by atoms with E-state index < -0.39 is 0 Å². The number of hydrogen-bond acceptors (Lipinski definition) is 2. The summed E-state index contributed by atoms with van der Waals surface area (Å²) in [6, 6.07) is 14.3. The van der Waals surface area contributed by atoms with Gasteiger partial charge in [0.1, 0.15) is 5.82 Å². The first-order valence-electron chi connectivity index (χ1n) is 8.06. The van der Waals surface area contributed by atoms with Crippen molar-refractivity contribution in [2.75, 3.05) is 6.61 Å². The van der Waals surface area contributed by atoms with E-state index in [0.29, 0.717) is 0 Å². The van der Waals surface area contributed by atoms with Crippen LogP contribution in [0.2, 0.25) is 5.02 Å². The molecule has 4 rings (SSSR count). The van der Waals surface area contributed by atoms with Gasteiger partial charge in [-0.25, -0.2) is 4.98 Å². The van der Waals surface area contributed by atoms with Crippen molar-refractivity contribution in [2.45, 2.75) is 32.4 Å². The molecule has 2 aromatic carbocycles. The van der Waals surface area contributed by atoms with Gasteiger partial charge in [-0.05, 0) is 43.5 Å². The minimum absolute atomic E-state index is 0.258. The fourth-order valence-electron chi connectivity index (χ4n) is 3.30. The topological polar surface area (TPSA) is 27.1 Å². The van der Waals surface area contributed by atoms with Gasteiger partial charge in [0, 0.05) is 17.2 Å². The highest BCUT2D eigenvalue weighted by molar-refractivity contribution is 6.31. The zero-order valence-electron chi connectivity index (χ0n) is 13.1. The summed E-state index contributed by atoms with van der Waals surface area (Å²) >= 11 is 6.22. The highest BCUT2D eigenvalue weighted by atomic mass is 35.5. The Balaban J connectivity index is 1.90. The molecule has 118 valence electrons. The molecule has 1 aliphatic heterocycles. The number of nitrogens with zero attached hydrogens (tertiary/aromatic N) is 2. The van der Waals surface area contributed by atoms with Gasteiger partial charge in [0.25, 0.3) is 0 Å². The third kappa shape index (κ3) is 2.75. The van der Waals surface area contributed by atoms with Gasteiger partial charge in [-0.3, -0.25) is 0 Å². The molecule has 0 spiro atoms. The van der Waals surface area contributed by atoms with Crippen LogP contribution in [-0.4, -0.2) is 22.3 Å². The lowest BCUT2D eigenvalue weighted by Gasteiger charge is -2.15. The molecular weight excluding hydrogens is 308 g/mol. The lowest BCUT2D eigenvalue weighted by molar-refractivity contribution is 0.0982. The van der Waals surface area contributed by atoms with Crippen LogP contribution in [0.5, 0.6) is 0 Å². The van der Waals surface area contributed by atoms with Gasteiger partial charge in [0.2, 0.25) is 0 Å². The molecule has 1 unspecified atom stereocenters. The summed E-state index contributed by atoms with van der Waals surface area (Å²) in [5, 5.41) is 0.738. The highest BCUT2D eigenvalue weighted by Crippen LogP contribution is 2.30. The van der Waals surface area contributed by atoms with E-state index in [4.69, 9.17) is 21.3 Å². The van der Waals surface area contributed by atoms with Gasteiger partial charge in [-0.15, -0.1) is 0 Å². The lowest BCUT2D eigenvalue weighted by atomic mass is 10.1. The van der Waals surface area contributed by atoms with E-state index in [1.807, 2.05) is 18.2 Å². The van der Waals surface area contributed by atoms with Gasteiger partial charge in [0.05, 0.1) is 23.7 Å². The monoisotopic (exact) mass is 326 g/mol. The SMILES string of the molecule is Cc1ccccc1-c1nc2ccc(Cl)cc2n1CC1CCCO1. The average Bonchev–Trinajstić information content (AvgIpc) is 3.17. The molecule has 1 atom stereocenters. The van der Waals surface area contributed by atoms with Crippen LogP contribution >= 0.6 is 11.6 Å². The van der Waals surface area contributed by atoms with Crippen LogP contribution in [0.3, 0.4) is 0 Å². The Labute approximate surface area is 140 Å². The van der Waals surface area contributed by atoms with Crippen LogP contribution in [0.15, 0.2) is 42.5 Å². The molecule has 3 nitrogen and oxygen atoms in total. The largest absolute Gasteiger partial charge is 0.376 e. The number of aryl methyl sites for hydroxylation is 1. The normalized spacial score (nSPS) is 17.9. The molecule has 3 aromatic rings. The molecule has 0 radical (unpaired) electrons. The van der Waals surface area contributed by atoms with Gasteiger partial charge in [-0.2, -0.15) is 0 Å². The molecule has 0 saturated carbocycles. The molecule has 0 N–H and O–H groups in total. The number of fused-ring (bicyclic) bond motifs is 1. The molecule has 4 heteroatoms. The quantitative estimate of drug-likeness (QED) is 0.688. The predicted octanol–water partition coefficient (Wildman–Crippen LogP) is 4.84. The average molecular weight is 327 g/mol. The van der Waals surface area contributed by atoms with Crippen molar-refractivity contribution in [1.29, 1.82) is 0 Å². The maximum atomic E-state index is 6.22. The Hall–Kier alpha value is -1.84. The molecular formula is C19H19ClN2O. The fraction of sp³-hybridized carbons (Fsp3) is 0.316. The van der Waals surface area contributed by atoms with Crippen LogP contribution < -0.4 is 0 Å². The second kappa shape index (κ2) is 5.99. The van der Waals surface area contributed by atoms with Crippen LogP contribution in [0.1, 0.15) is 18.4 Å². The van der Waals surface area contributed by atoms with E-state index in [1.54, 1.807) is 0 Å². The first kappa shape index (κ1) is 14.7. The third-order valence-corrected chi connectivity index (χ3v) is 4.74. The Morgan fingerprint density at radius 2 is 2.13 bits per heavy atom. The van der Waals surface area contributed by atoms with Crippen molar-refractivity contribution in [2.24, 2.45) is 0 Å². The van der Waals surface area contributed by atoms with Crippen molar-refractivity contribution >= 4 is 22.6 Å². The number of imidazole rings is 1. The minimum Gasteiger partial charge on any atom is -0.376 e. The Bertz CT molecular complexity index is 850. The Morgan fingerprint density at radius 1 is 1.26 bits per heavy atom. The van der Waals surface area contributed by atoms with Gasteiger partial charge in [-0.1, -0.05) is 35.9 Å². The molecule has 0 amide bonds. The van der Waals surface area contributed by atoms with Crippen LogP contribution in [0.4, 0.5) is 0 Å². The molecule has 1 aromatic heterocycles. The van der Waals surface area contributed by atoms with Gasteiger partial charge < -0.3 is 9.30 Å². The lowest BCUT2D eigenvalue weighted by Crippen LogP contribution is -2.16. The van der Waals surface area contributed by atoms with E-state index >= 15 is 0 Å². The first-order valence-corrected chi connectivity index (χ1v) is 8.43. The summed E-state index contributed by atoms with van der Waals surface area (Å²) in [5.41, 5.74) is 4.44.